The lowest BCUT2D eigenvalue weighted by Crippen LogP contribution is -1.99. The zero-order valence-corrected chi connectivity index (χ0v) is 8.39. The average Bonchev–Trinajstić information content (AvgIpc) is 2.51. The van der Waals surface area contributed by atoms with Crippen molar-refractivity contribution in [3.05, 3.63) is 22.4 Å². The van der Waals surface area contributed by atoms with E-state index in [0.717, 1.165) is 10.6 Å². The normalized spacial score (nSPS) is 12.2. The Bertz CT molecular complexity index is 252. The van der Waals surface area contributed by atoms with Crippen LogP contribution in [0.25, 0.3) is 0 Å². The molecule has 0 saturated carbocycles. The number of thiophene rings is 1. The maximum atomic E-state index is 5.12. The molecule has 0 aromatic carbocycles. The van der Waals surface area contributed by atoms with Crippen molar-refractivity contribution < 1.29 is 4.84 Å². The maximum Gasteiger partial charge on any atom is 0.122 e. The van der Waals surface area contributed by atoms with Gasteiger partial charge in [0.15, 0.2) is 0 Å². The predicted molar refractivity (Wildman–Crippen MR) is 52.8 cm³/mol. The van der Waals surface area contributed by atoms with E-state index in [1.807, 2.05) is 38.3 Å². The number of nitrogens with zero attached hydrogens (tertiary/aromatic N) is 1. The minimum atomic E-state index is 0.153. The molecule has 1 aromatic rings. The molecular formula is C9H13NOS. The highest BCUT2D eigenvalue weighted by Gasteiger charge is 1.98. The zero-order valence-electron chi connectivity index (χ0n) is 7.57. The molecule has 0 unspecified atom stereocenters. The Morgan fingerprint density at radius 2 is 2.33 bits per heavy atom. The summed E-state index contributed by atoms with van der Waals surface area (Å²) in [5, 5.41) is 6.02. The Morgan fingerprint density at radius 1 is 1.58 bits per heavy atom. The molecule has 0 amide bonds. The van der Waals surface area contributed by atoms with Crippen LogP contribution in [0.4, 0.5) is 0 Å². The lowest BCUT2D eigenvalue weighted by atomic mass is 10.3. The molecule has 66 valence electrons. The van der Waals surface area contributed by atoms with Gasteiger partial charge in [-0.3, -0.25) is 0 Å². The fourth-order valence-corrected chi connectivity index (χ4v) is 1.38. The van der Waals surface area contributed by atoms with Gasteiger partial charge in [0.1, 0.15) is 6.10 Å². The van der Waals surface area contributed by atoms with E-state index in [1.54, 1.807) is 11.3 Å². The molecule has 2 nitrogen and oxygen atoms in total. The minimum absolute atomic E-state index is 0.153. The van der Waals surface area contributed by atoms with Crippen LogP contribution in [0.2, 0.25) is 0 Å². The van der Waals surface area contributed by atoms with Gasteiger partial charge in [0.2, 0.25) is 0 Å². The molecule has 1 rings (SSSR count). The van der Waals surface area contributed by atoms with Crippen LogP contribution in [-0.2, 0) is 4.84 Å². The third-order valence-electron chi connectivity index (χ3n) is 1.28. The van der Waals surface area contributed by atoms with Crippen LogP contribution in [0.15, 0.2) is 22.7 Å². The molecule has 0 bridgehead atoms. The molecule has 0 N–H and O–H groups in total. The van der Waals surface area contributed by atoms with Crippen molar-refractivity contribution in [1.29, 1.82) is 0 Å². The SMILES string of the molecule is C/C(=N\OC(C)C)c1cccs1. The van der Waals surface area contributed by atoms with Gasteiger partial charge in [-0.1, -0.05) is 11.2 Å². The minimum Gasteiger partial charge on any atom is -0.393 e. The third-order valence-corrected chi connectivity index (χ3v) is 2.26. The summed E-state index contributed by atoms with van der Waals surface area (Å²) in [5.41, 5.74) is 0.943. The quantitative estimate of drug-likeness (QED) is 0.521. The summed E-state index contributed by atoms with van der Waals surface area (Å²) in [7, 11) is 0. The standard InChI is InChI=1S/C9H13NOS/c1-7(2)11-10-8(3)9-5-4-6-12-9/h4-7H,1-3H3/b10-8+. The second kappa shape index (κ2) is 4.26. The Balaban J connectivity index is 2.59. The van der Waals surface area contributed by atoms with Crippen molar-refractivity contribution in [2.45, 2.75) is 26.9 Å². The van der Waals surface area contributed by atoms with E-state index in [9.17, 15) is 0 Å². The van der Waals surface area contributed by atoms with E-state index in [1.165, 1.54) is 0 Å². The molecule has 0 radical (unpaired) electrons. The highest BCUT2D eigenvalue weighted by molar-refractivity contribution is 7.12. The average molecular weight is 183 g/mol. The first kappa shape index (κ1) is 9.26. The number of oxime groups is 1. The molecule has 12 heavy (non-hydrogen) atoms. The van der Waals surface area contributed by atoms with Crippen molar-refractivity contribution >= 4 is 17.0 Å². The fraction of sp³-hybridized carbons (Fsp3) is 0.444. The molecular weight excluding hydrogens is 170 g/mol. The van der Waals surface area contributed by atoms with Crippen molar-refractivity contribution in [2.75, 3.05) is 0 Å². The molecule has 0 aliphatic heterocycles. The Kier molecular flexibility index (Phi) is 3.29. The highest BCUT2D eigenvalue weighted by atomic mass is 32.1. The molecule has 0 saturated heterocycles. The summed E-state index contributed by atoms with van der Waals surface area (Å²) in [6, 6.07) is 4.04. The lowest BCUT2D eigenvalue weighted by Gasteiger charge is -2.02. The topological polar surface area (TPSA) is 21.6 Å². The monoisotopic (exact) mass is 183 g/mol. The molecule has 3 heteroatoms. The third kappa shape index (κ3) is 2.66. The smallest absolute Gasteiger partial charge is 0.122 e. The molecule has 0 atom stereocenters. The van der Waals surface area contributed by atoms with Gasteiger partial charge in [-0.25, -0.2) is 0 Å². The van der Waals surface area contributed by atoms with Crippen LogP contribution in [0.1, 0.15) is 25.6 Å². The summed E-state index contributed by atoms with van der Waals surface area (Å²) in [6.07, 6.45) is 0.153. The van der Waals surface area contributed by atoms with E-state index in [2.05, 4.69) is 5.16 Å². The predicted octanol–water partition coefficient (Wildman–Crippen LogP) is 2.90. The second-order valence-corrected chi connectivity index (χ2v) is 3.76. The second-order valence-electron chi connectivity index (χ2n) is 2.81. The van der Waals surface area contributed by atoms with Crippen molar-refractivity contribution in [3.8, 4) is 0 Å². The van der Waals surface area contributed by atoms with Gasteiger partial charge in [-0.05, 0) is 32.2 Å². The van der Waals surface area contributed by atoms with Crippen molar-refractivity contribution in [2.24, 2.45) is 5.16 Å². The van der Waals surface area contributed by atoms with Gasteiger partial charge in [0.05, 0.1) is 10.6 Å². The van der Waals surface area contributed by atoms with Crippen LogP contribution < -0.4 is 0 Å². The van der Waals surface area contributed by atoms with Gasteiger partial charge in [0, 0.05) is 0 Å². The Hall–Kier alpha value is -0.830. The highest BCUT2D eigenvalue weighted by Crippen LogP contribution is 2.10. The fourth-order valence-electron chi connectivity index (χ4n) is 0.714. The van der Waals surface area contributed by atoms with Gasteiger partial charge in [0.25, 0.3) is 0 Å². The van der Waals surface area contributed by atoms with Crippen molar-refractivity contribution in [1.82, 2.24) is 0 Å². The van der Waals surface area contributed by atoms with Gasteiger partial charge in [-0.2, -0.15) is 0 Å². The summed E-state index contributed by atoms with van der Waals surface area (Å²) in [6.45, 7) is 5.88. The number of hydrogen-bond donors (Lipinski definition) is 0. The van der Waals surface area contributed by atoms with E-state index in [0.29, 0.717) is 0 Å². The summed E-state index contributed by atoms with van der Waals surface area (Å²) in [5.74, 6) is 0. The Labute approximate surface area is 76.9 Å². The van der Waals surface area contributed by atoms with Gasteiger partial charge >= 0.3 is 0 Å². The summed E-state index contributed by atoms with van der Waals surface area (Å²) < 4.78 is 0. The zero-order chi connectivity index (χ0) is 8.97. The van der Waals surface area contributed by atoms with E-state index >= 15 is 0 Å². The van der Waals surface area contributed by atoms with Crippen LogP contribution >= 0.6 is 11.3 Å². The molecule has 0 aliphatic rings. The first-order valence-corrected chi connectivity index (χ1v) is 4.82. The van der Waals surface area contributed by atoms with E-state index in [-0.39, 0.29) is 6.10 Å². The first-order chi connectivity index (χ1) is 5.70. The van der Waals surface area contributed by atoms with Gasteiger partial charge in [-0.15, -0.1) is 11.3 Å². The molecule has 0 aliphatic carbocycles. The lowest BCUT2D eigenvalue weighted by molar-refractivity contribution is 0.0860. The maximum absolute atomic E-state index is 5.12. The van der Waals surface area contributed by atoms with Crippen LogP contribution in [0.5, 0.6) is 0 Å². The number of hydrogen-bond acceptors (Lipinski definition) is 3. The molecule has 1 heterocycles. The molecule has 0 spiro atoms. The summed E-state index contributed by atoms with van der Waals surface area (Å²) >= 11 is 1.67. The van der Waals surface area contributed by atoms with Crippen molar-refractivity contribution in [3.63, 3.8) is 0 Å². The summed E-state index contributed by atoms with van der Waals surface area (Å²) in [4.78, 5) is 6.28. The van der Waals surface area contributed by atoms with Crippen LogP contribution in [0, 0.1) is 0 Å². The van der Waals surface area contributed by atoms with Gasteiger partial charge < -0.3 is 4.84 Å². The van der Waals surface area contributed by atoms with Crippen LogP contribution in [0.3, 0.4) is 0 Å². The number of rotatable bonds is 3. The van der Waals surface area contributed by atoms with E-state index < -0.39 is 0 Å². The Morgan fingerprint density at radius 3 is 2.83 bits per heavy atom. The first-order valence-electron chi connectivity index (χ1n) is 3.94. The molecule has 1 aromatic heterocycles. The van der Waals surface area contributed by atoms with E-state index in [4.69, 9.17) is 4.84 Å². The van der Waals surface area contributed by atoms with Crippen LogP contribution in [-0.4, -0.2) is 11.8 Å². The molecule has 0 fully saturated rings. The largest absolute Gasteiger partial charge is 0.393 e.